The third-order valence-corrected chi connectivity index (χ3v) is 3.11. The second-order valence-electron chi connectivity index (χ2n) is 4.47. The molecule has 4 nitrogen and oxygen atoms in total. The lowest BCUT2D eigenvalue weighted by molar-refractivity contribution is 0.225. The highest BCUT2D eigenvalue weighted by Gasteiger charge is 2.08. The summed E-state index contributed by atoms with van der Waals surface area (Å²) in [6, 6.07) is 5.90. The van der Waals surface area contributed by atoms with Crippen LogP contribution < -0.4 is 10.5 Å². The first-order valence-corrected chi connectivity index (χ1v) is 6.94. The van der Waals surface area contributed by atoms with Gasteiger partial charge in [-0.05, 0) is 36.7 Å². The van der Waals surface area contributed by atoms with Gasteiger partial charge >= 0.3 is 0 Å². The zero-order valence-corrected chi connectivity index (χ0v) is 12.4. The molecule has 0 spiro atoms. The standard InChI is InChI=1S/C16H24N2O2/c1-3-18(10-5-11-19)13-15-12-16(20-2)8-7-14(15)6-4-9-17/h7-8,12,19H,3,5,9-11,13,17H2,1-2H3. The molecule has 110 valence electrons. The molecule has 0 aliphatic rings. The average molecular weight is 276 g/mol. The summed E-state index contributed by atoms with van der Waals surface area (Å²) in [5, 5.41) is 8.95. The van der Waals surface area contributed by atoms with Gasteiger partial charge < -0.3 is 15.6 Å². The Morgan fingerprint density at radius 3 is 2.80 bits per heavy atom. The van der Waals surface area contributed by atoms with Gasteiger partial charge in [0.05, 0.1) is 13.7 Å². The molecular weight excluding hydrogens is 252 g/mol. The summed E-state index contributed by atoms with van der Waals surface area (Å²) in [7, 11) is 1.66. The second kappa shape index (κ2) is 9.38. The van der Waals surface area contributed by atoms with Crippen LogP contribution in [0, 0.1) is 11.8 Å². The molecule has 0 fully saturated rings. The molecule has 0 heterocycles. The molecule has 0 aliphatic heterocycles. The number of aliphatic hydroxyl groups excluding tert-OH is 1. The lowest BCUT2D eigenvalue weighted by atomic mass is 10.1. The molecule has 20 heavy (non-hydrogen) atoms. The number of hydrogen-bond donors (Lipinski definition) is 2. The molecule has 0 bridgehead atoms. The number of ether oxygens (including phenoxy) is 1. The summed E-state index contributed by atoms with van der Waals surface area (Å²) in [5.41, 5.74) is 7.55. The predicted molar refractivity (Wildman–Crippen MR) is 81.6 cm³/mol. The Balaban J connectivity index is 2.93. The molecule has 0 aromatic heterocycles. The monoisotopic (exact) mass is 276 g/mol. The molecule has 0 unspecified atom stereocenters. The number of nitrogens with two attached hydrogens (primary N) is 1. The summed E-state index contributed by atoms with van der Waals surface area (Å²) in [6.45, 7) is 5.28. The van der Waals surface area contributed by atoms with Crippen molar-refractivity contribution in [1.82, 2.24) is 4.90 Å². The van der Waals surface area contributed by atoms with E-state index >= 15 is 0 Å². The van der Waals surface area contributed by atoms with Gasteiger partial charge in [-0.25, -0.2) is 0 Å². The fraction of sp³-hybridized carbons (Fsp3) is 0.500. The van der Waals surface area contributed by atoms with Crippen LogP contribution in [0.2, 0.25) is 0 Å². The van der Waals surface area contributed by atoms with Gasteiger partial charge in [0.25, 0.3) is 0 Å². The lowest BCUT2D eigenvalue weighted by Gasteiger charge is -2.21. The first kappa shape index (κ1) is 16.5. The maximum Gasteiger partial charge on any atom is 0.119 e. The van der Waals surface area contributed by atoms with Gasteiger partial charge in [-0.3, -0.25) is 4.90 Å². The smallest absolute Gasteiger partial charge is 0.119 e. The first-order chi connectivity index (χ1) is 9.74. The van der Waals surface area contributed by atoms with Crippen molar-refractivity contribution in [1.29, 1.82) is 0 Å². The van der Waals surface area contributed by atoms with E-state index < -0.39 is 0 Å². The third-order valence-electron chi connectivity index (χ3n) is 3.11. The fourth-order valence-electron chi connectivity index (χ4n) is 1.98. The van der Waals surface area contributed by atoms with E-state index in [-0.39, 0.29) is 6.61 Å². The Bertz CT molecular complexity index is 463. The predicted octanol–water partition coefficient (Wildman–Crippen LogP) is 1.21. The normalized spacial score (nSPS) is 10.2. The minimum absolute atomic E-state index is 0.217. The summed E-state index contributed by atoms with van der Waals surface area (Å²) < 4.78 is 5.28. The van der Waals surface area contributed by atoms with E-state index in [0.717, 1.165) is 42.9 Å². The van der Waals surface area contributed by atoms with E-state index in [9.17, 15) is 0 Å². The van der Waals surface area contributed by atoms with Crippen LogP contribution >= 0.6 is 0 Å². The Morgan fingerprint density at radius 1 is 1.40 bits per heavy atom. The van der Waals surface area contributed by atoms with E-state index in [4.69, 9.17) is 15.6 Å². The Labute approximate surface area is 121 Å². The zero-order chi connectivity index (χ0) is 14.8. The van der Waals surface area contributed by atoms with Crippen molar-refractivity contribution < 1.29 is 9.84 Å². The molecule has 0 atom stereocenters. The molecule has 0 aliphatic carbocycles. The van der Waals surface area contributed by atoms with Crippen molar-refractivity contribution in [2.24, 2.45) is 5.73 Å². The van der Waals surface area contributed by atoms with Gasteiger partial charge in [-0.2, -0.15) is 0 Å². The van der Waals surface area contributed by atoms with Gasteiger partial charge in [0.2, 0.25) is 0 Å². The van der Waals surface area contributed by atoms with Crippen molar-refractivity contribution in [3.8, 4) is 17.6 Å². The van der Waals surface area contributed by atoms with Gasteiger partial charge in [-0.1, -0.05) is 18.8 Å². The number of benzene rings is 1. The average Bonchev–Trinajstić information content (AvgIpc) is 2.49. The summed E-state index contributed by atoms with van der Waals surface area (Å²) >= 11 is 0. The van der Waals surface area contributed by atoms with E-state index in [1.165, 1.54) is 0 Å². The molecule has 0 saturated carbocycles. The molecule has 1 aromatic carbocycles. The molecule has 1 aromatic rings. The van der Waals surface area contributed by atoms with E-state index in [2.05, 4.69) is 23.7 Å². The number of rotatable bonds is 7. The van der Waals surface area contributed by atoms with Crippen LogP contribution in [0.1, 0.15) is 24.5 Å². The highest BCUT2D eigenvalue weighted by molar-refractivity contribution is 5.45. The summed E-state index contributed by atoms with van der Waals surface area (Å²) in [6.07, 6.45) is 0.779. The highest BCUT2D eigenvalue weighted by atomic mass is 16.5. The lowest BCUT2D eigenvalue weighted by Crippen LogP contribution is -2.25. The van der Waals surface area contributed by atoms with Crippen LogP contribution in [0.15, 0.2) is 18.2 Å². The maximum atomic E-state index is 8.95. The van der Waals surface area contributed by atoms with Crippen LogP contribution in [-0.4, -0.2) is 43.4 Å². The topological polar surface area (TPSA) is 58.7 Å². The molecule has 0 amide bonds. The van der Waals surface area contributed by atoms with E-state index in [0.29, 0.717) is 6.54 Å². The zero-order valence-electron chi connectivity index (χ0n) is 12.4. The van der Waals surface area contributed by atoms with Crippen molar-refractivity contribution in [3.63, 3.8) is 0 Å². The van der Waals surface area contributed by atoms with Crippen molar-refractivity contribution >= 4 is 0 Å². The van der Waals surface area contributed by atoms with Crippen LogP contribution in [0.5, 0.6) is 5.75 Å². The fourth-order valence-corrected chi connectivity index (χ4v) is 1.98. The number of aliphatic hydroxyl groups is 1. The number of methoxy groups -OCH3 is 1. The minimum atomic E-state index is 0.217. The highest BCUT2D eigenvalue weighted by Crippen LogP contribution is 2.19. The molecule has 1 rings (SSSR count). The second-order valence-corrected chi connectivity index (χ2v) is 4.47. The van der Waals surface area contributed by atoms with Crippen molar-refractivity contribution in [3.05, 3.63) is 29.3 Å². The van der Waals surface area contributed by atoms with Gasteiger partial charge in [0.1, 0.15) is 5.75 Å². The molecular formula is C16H24N2O2. The number of hydrogen-bond acceptors (Lipinski definition) is 4. The number of nitrogens with zero attached hydrogens (tertiary/aromatic N) is 1. The van der Waals surface area contributed by atoms with Crippen LogP contribution in [0.4, 0.5) is 0 Å². The molecule has 4 heteroatoms. The first-order valence-electron chi connectivity index (χ1n) is 6.94. The van der Waals surface area contributed by atoms with Gasteiger partial charge in [0.15, 0.2) is 0 Å². The Kier molecular flexibility index (Phi) is 7.74. The van der Waals surface area contributed by atoms with Crippen molar-refractivity contribution in [2.45, 2.75) is 19.9 Å². The molecule has 3 N–H and O–H groups in total. The van der Waals surface area contributed by atoms with E-state index in [1.54, 1.807) is 7.11 Å². The van der Waals surface area contributed by atoms with Gasteiger partial charge in [0, 0.05) is 25.3 Å². The van der Waals surface area contributed by atoms with Crippen LogP contribution in [-0.2, 0) is 6.54 Å². The third kappa shape index (κ3) is 5.22. The quantitative estimate of drug-likeness (QED) is 0.735. The van der Waals surface area contributed by atoms with E-state index in [1.807, 2.05) is 18.2 Å². The largest absolute Gasteiger partial charge is 0.497 e. The molecule has 0 radical (unpaired) electrons. The maximum absolute atomic E-state index is 8.95. The molecule has 0 saturated heterocycles. The minimum Gasteiger partial charge on any atom is -0.497 e. The van der Waals surface area contributed by atoms with Crippen LogP contribution in [0.25, 0.3) is 0 Å². The van der Waals surface area contributed by atoms with Gasteiger partial charge in [-0.15, -0.1) is 0 Å². The Hall–Kier alpha value is -1.54. The summed E-state index contributed by atoms with van der Waals surface area (Å²) in [5.74, 6) is 6.83. The summed E-state index contributed by atoms with van der Waals surface area (Å²) in [4.78, 5) is 2.28. The van der Waals surface area contributed by atoms with Crippen LogP contribution in [0.3, 0.4) is 0 Å². The SMILES string of the molecule is CCN(CCCO)Cc1cc(OC)ccc1C#CCN. The van der Waals surface area contributed by atoms with Crippen molar-refractivity contribution in [2.75, 3.05) is 33.4 Å². The Morgan fingerprint density at radius 2 is 2.20 bits per heavy atom.